The summed E-state index contributed by atoms with van der Waals surface area (Å²) in [7, 11) is 1.64. The van der Waals surface area contributed by atoms with Crippen molar-refractivity contribution in [2.75, 3.05) is 12.4 Å². The van der Waals surface area contributed by atoms with Gasteiger partial charge in [0.25, 0.3) is 0 Å². The minimum atomic E-state index is -0.914. The van der Waals surface area contributed by atoms with Crippen LogP contribution in [0.5, 0.6) is 5.88 Å². The Balaban J connectivity index is 1.35. The summed E-state index contributed by atoms with van der Waals surface area (Å²) in [6.45, 7) is 2.02. The summed E-state index contributed by atoms with van der Waals surface area (Å²) in [4.78, 5) is 29.5. The van der Waals surface area contributed by atoms with Crippen molar-refractivity contribution in [3.8, 4) is 11.9 Å². The fourth-order valence-electron chi connectivity index (χ4n) is 4.71. The molecule has 10 heteroatoms. The first kappa shape index (κ1) is 25.1. The molecule has 0 unspecified atom stereocenters. The summed E-state index contributed by atoms with van der Waals surface area (Å²) in [5.74, 6) is 0.529. The number of hydrogen-bond donors (Lipinski definition) is 3. The van der Waals surface area contributed by atoms with Crippen LogP contribution in [0.25, 0.3) is 5.57 Å². The Labute approximate surface area is 220 Å². The van der Waals surface area contributed by atoms with Crippen LogP contribution in [0.1, 0.15) is 50.3 Å². The normalized spacial score (nSPS) is 22.6. The van der Waals surface area contributed by atoms with Crippen molar-refractivity contribution in [3.63, 3.8) is 0 Å². The maximum absolute atomic E-state index is 11.8. The smallest absolute Gasteiger partial charge is 0.314 e. The molecule has 10 nitrogen and oxygen atoms in total. The number of carbonyl (C=O) groups is 1. The molecule has 0 bridgehead atoms. The molecule has 0 amide bonds. The van der Waals surface area contributed by atoms with Gasteiger partial charge in [-0.25, -0.2) is 0 Å². The quantitative estimate of drug-likeness (QED) is 0.354. The second-order valence-electron chi connectivity index (χ2n) is 10.1. The van der Waals surface area contributed by atoms with E-state index in [2.05, 4.69) is 31.3 Å². The zero-order chi connectivity index (χ0) is 26.9. The number of nitrogens with one attached hydrogen (secondary N) is 1. The SMILES string of the molecule is CN=C(Nc1cncc(OC2CC2)n1)C(=CN)c1ccc([C@@]2(C)C=C(C#N)C(C3(C(=O)O)CC3)=CC2)cn1. The second-order valence-corrected chi connectivity index (χ2v) is 10.1. The van der Waals surface area contributed by atoms with Crippen LogP contribution in [0.2, 0.25) is 0 Å². The van der Waals surface area contributed by atoms with Crippen molar-refractivity contribution in [2.24, 2.45) is 16.1 Å². The molecule has 3 aliphatic rings. The molecule has 0 aliphatic heterocycles. The fourth-order valence-corrected chi connectivity index (χ4v) is 4.71. The highest BCUT2D eigenvalue weighted by Crippen LogP contribution is 2.56. The van der Waals surface area contributed by atoms with Gasteiger partial charge < -0.3 is 20.9 Å². The number of ether oxygens (including phenoxy) is 1. The molecule has 3 aliphatic carbocycles. The van der Waals surface area contributed by atoms with E-state index in [1.54, 1.807) is 25.6 Å². The molecule has 2 aromatic heterocycles. The van der Waals surface area contributed by atoms with Crippen molar-refractivity contribution in [1.29, 1.82) is 5.26 Å². The Morgan fingerprint density at radius 1 is 1.32 bits per heavy atom. The molecule has 194 valence electrons. The van der Waals surface area contributed by atoms with Crippen LogP contribution in [-0.2, 0) is 10.2 Å². The Morgan fingerprint density at radius 2 is 2.11 bits per heavy atom. The maximum atomic E-state index is 11.8. The number of rotatable bonds is 8. The van der Waals surface area contributed by atoms with E-state index >= 15 is 0 Å². The highest BCUT2D eigenvalue weighted by Gasteiger charge is 2.55. The Kier molecular flexibility index (Phi) is 6.45. The third-order valence-corrected chi connectivity index (χ3v) is 7.29. The van der Waals surface area contributed by atoms with Crippen molar-refractivity contribution in [2.45, 2.75) is 50.5 Å². The molecule has 2 fully saturated rings. The van der Waals surface area contributed by atoms with Gasteiger partial charge in [0.05, 0.1) is 40.7 Å². The van der Waals surface area contributed by atoms with E-state index in [-0.39, 0.29) is 6.10 Å². The molecule has 2 aromatic rings. The number of anilines is 1. The number of aliphatic imine (C=N–C) groups is 1. The summed E-state index contributed by atoms with van der Waals surface area (Å²) in [5, 5.41) is 22.7. The highest BCUT2D eigenvalue weighted by molar-refractivity contribution is 6.27. The van der Waals surface area contributed by atoms with Crippen LogP contribution in [0, 0.1) is 16.7 Å². The molecule has 38 heavy (non-hydrogen) atoms. The Bertz CT molecular complexity index is 1430. The number of aromatic nitrogens is 3. The monoisotopic (exact) mass is 511 g/mol. The van der Waals surface area contributed by atoms with Gasteiger partial charge in [0, 0.05) is 24.9 Å². The van der Waals surface area contributed by atoms with Gasteiger partial charge in [-0.05, 0) is 49.3 Å². The second kappa shape index (κ2) is 9.74. The summed E-state index contributed by atoms with van der Waals surface area (Å²) < 4.78 is 5.73. The van der Waals surface area contributed by atoms with Gasteiger partial charge in [-0.1, -0.05) is 25.1 Å². The Hall–Kier alpha value is -4.52. The average Bonchev–Trinajstić information content (AvgIpc) is 3.85. The van der Waals surface area contributed by atoms with E-state index in [4.69, 9.17) is 10.5 Å². The van der Waals surface area contributed by atoms with E-state index < -0.39 is 16.8 Å². The molecule has 0 spiro atoms. The Morgan fingerprint density at radius 3 is 2.68 bits per heavy atom. The number of aliphatic carboxylic acids is 1. The first-order chi connectivity index (χ1) is 18.3. The van der Waals surface area contributed by atoms with Crippen molar-refractivity contribution < 1.29 is 14.6 Å². The van der Waals surface area contributed by atoms with Gasteiger partial charge in [-0.3, -0.25) is 19.8 Å². The third-order valence-electron chi connectivity index (χ3n) is 7.29. The van der Waals surface area contributed by atoms with Crippen molar-refractivity contribution >= 4 is 23.2 Å². The molecule has 2 saturated carbocycles. The molecule has 0 aromatic carbocycles. The molecule has 5 rings (SSSR count). The minimum absolute atomic E-state index is 0.209. The number of amidine groups is 1. The predicted molar refractivity (Wildman–Crippen MR) is 142 cm³/mol. The van der Waals surface area contributed by atoms with Crippen molar-refractivity contribution in [3.05, 3.63) is 71.5 Å². The third kappa shape index (κ3) is 4.75. The summed E-state index contributed by atoms with van der Waals surface area (Å²) in [6.07, 6.45) is 14.1. The average molecular weight is 512 g/mol. The standard InChI is InChI=1S/C28H29N7O3/c1-27(8-7-21(17(11-27)12-29)28(9-10-28)26(36)37)18-3-6-22(33-14-18)20(13-30)25(31-2)35-23-15-32-16-24(34-23)38-19-4-5-19/h3,6-7,11,13-16,19H,4-5,8-10,30H2,1-2H3,(H,36,37)(H,31,34,35)/t27-/m1/s1. The van der Waals surface area contributed by atoms with E-state index in [1.165, 1.54) is 6.20 Å². The zero-order valence-corrected chi connectivity index (χ0v) is 21.3. The largest absolute Gasteiger partial charge is 0.481 e. The zero-order valence-electron chi connectivity index (χ0n) is 21.3. The number of allylic oxidation sites excluding steroid dienone is 3. The number of nitriles is 1. The number of pyridine rings is 1. The van der Waals surface area contributed by atoms with Gasteiger partial charge in [-0.15, -0.1) is 0 Å². The lowest BCUT2D eigenvalue weighted by atomic mass is 9.72. The predicted octanol–water partition coefficient (Wildman–Crippen LogP) is 3.76. The van der Waals surface area contributed by atoms with Gasteiger partial charge in [0.15, 0.2) is 5.82 Å². The number of nitrogens with zero attached hydrogens (tertiary/aromatic N) is 5. The lowest BCUT2D eigenvalue weighted by molar-refractivity contribution is -0.141. The van der Waals surface area contributed by atoms with Crippen LogP contribution in [0.15, 0.2) is 65.2 Å². The van der Waals surface area contributed by atoms with Gasteiger partial charge in [0.1, 0.15) is 11.9 Å². The fraction of sp³-hybridized carbons (Fsp3) is 0.357. The maximum Gasteiger partial charge on any atom is 0.314 e. The molecule has 2 heterocycles. The van der Waals surface area contributed by atoms with Crippen LogP contribution >= 0.6 is 0 Å². The first-order valence-corrected chi connectivity index (χ1v) is 12.5. The number of nitrogens with two attached hydrogens (primary N) is 1. The van der Waals surface area contributed by atoms with Crippen molar-refractivity contribution in [1.82, 2.24) is 15.0 Å². The van der Waals surface area contributed by atoms with E-state index in [0.29, 0.717) is 59.2 Å². The van der Waals surface area contributed by atoms with Crippen LogP contribution < -0.4 is 15.8 Å². The molecule has 0 saturated heterocycles. The van der Waals surface area contributed by atoms with E-state index in [0.717, 1.165) is 18.4 Å². The molecule has 0 radical (unpaired) electrons. The lowest BCUT2D eigenvalue weighted by Crippen LogP contribution is -2.27. The van der Waals surface area contributed by atoms with Gasteiger partial charge >= 0.3 is 5.97 Å². The molecule has 4 N–H and O–H groups in total. The summed E-state index contributed by atoms with van der Waals surface area (Å²) in [6, 6.07) is 6.01. The van der Waals surface area contributed by atoms with E-state index in [9.17, 15) is 15.2 Å². The first-order valence-electron chi connectivity index (χ1n) is 12.5. The van der Waals surface area contributed by atoms with Gasteiger partial charge in [0.2, 0.25) is 5.88 Å². The number of hydrogen-bond acceptors (Lipinski definition) is 8. The summed E-state index contributed by atoms with van der Waals surface area (Å²) in [5.41, 5.74) is 7.70. The summed E-state index contributed by atoms with van der Waals surface area (Å²) >= 11 is 0. The molecular weight excluding hydrogens is 482 g/mol. The van der Waals surface area contributed by atoms with E-state index in [1.807, 2.05) is 31.2 Å². The highest BCUT2D eigenvalue weighted by atomic mass is 16.5. The van der Waals surface area contributed by atoms with Crippen LogP contribution in [-0.4, -0.2) is 45.0 Å². The molecular formula is C28H29N7O3. The lowest BCUT2D eigenvalue weighted by Gasteiger charge is -2.31. The van der Waals surface area contributed by atoms with Crippen LogP contribution in [0.4, 0.5) is 5.82 Å². The molecule has 1 atom stereocenters. The topological polar surface area (TPSA) is 159 Å². The number of carboxylic acids is 1. The van der Waals surface area contributed by atoms with Gasteiger partial charge in [-0.2, -0.15) is 10.2 Å². The number of carboxylic acid groups (broad SMARTS) is 1. The minimum Gasteiger partial charge on any atom is -0.481 e. The van der Waals surface area contributed by atoms with Crippen LogP contribution in [0.3, 0.4) is 0 Å².